The SMILES string of the molecule is [O-]N(O)c1ccccc1O[C@H]1O[C@@H](CO)[C@H](O)[C@@H](O)[C@H]1O. The van der Waals surface area contributed by atoms with Gasteiger partial charge in [-0.25, -0.2) is 0 Å². The van der Waals surface area contributed by atoms with Gasteiger partial charge in [-0.2, -0.15) is 0 Å². The van der Waals surface area contributed by atoms with Crippen LogP contribution in [-0.2, 0) is 4.74 Å². The van der Waals surface area contributed by atoms with Crippen molar-refractivity contribution in [2.24, 2.45) is 0 Å². The van der Waals surface area contributed by atoms with E-state index in [1.165, 1.54) is 24.3 Å². The number of nitrogens with zero attached hydrogens (tertiary/aromatic N) is 1. The summed E-state index contributed by atoms with van der Waals surface area (Å²) in [6, 6.07) is 5.62. The number of para-hydroxylation sites is 2. The van der Waals surface area contributed by atoms with E-state index < -0.39 is 42.5 Å². The molecule has 0 spiro atoms. The molecule has 0 aromatic heterocycles. The van der Waals surface area contributed by atoms with Gasteiger partial charge in [-0.05, 0) is 12.1 Å². The zero-order valence-electron chi connectivity index (χ0n) is 10.8. The molecule has 0 saturated carbocycles. The molecule has 1 saturated heterocycles. The smallest absolute Gasteiger partial charge is 0.229 e. The first kappa shape index (κ1) is 15.9. The molecule has 1 aromatic rings. The molecule has 0 bridgehead atoms. The molecule has 0 amide bonds. The van der Waals surface area contributed by atoms with Crippen LogP contribution >= 0.6 is 0 Å². The molecule has 5 atom stereocenters. The summed E-state index contributed by atoms with van der Waals surface area (Å²) < 4.78 is 10.4. The first-order chi connectivity index (χ1) is 9.95. The Labute approximate surface area is 119 Å². The molecule has 1 aliphatic heterocycles. The lowest BCUT2D eigenvalue weighted by Gasteiger charge is -2.40. The van der Waals surface area contributed by atoms with Gasteiger partial charge in [0.1, 0.15) is 30.2 Å². The molecule has 1 heterocycles. The number of hydrogen-bond donors (Lipinski definition) is 5. The van der Waals surface area contributed by atoms with E-state index in [0.717, 1.165) is 0 Å². The van der Waals surface area contributed by atoms with Crippen LogP contribution in [0, 0.1) is 5.21 Å². The van der Waals surface area contributed by atoms with Gasteiger partial charge in [0.25, 0.3) is 0 Å². The Morgan fingerprint density at radius 3 is 2.43 bits per heavy atom. The summed E-state index contributed by atoms with van der Waals surface area (Å²) in [4.78, 5) is 0. The molecule has 9 nitrogen and oxygen atoms in total. The number of ether oxygens (including phenoxy) is 2. The molecule has 0 aliphatic carbocycles. The zero-order chi connectivity index (χ0) is 15.6. The maximum atomic E-state index is 11.0. The lowest BCUT2D eigenvalue weighted by molar-refractivity contribution is -0.277. The third-order valence-electron chi connectivity index (χ3n) is 3.16. The molecular formula is C12H16NO8-. The normalized spacial score (nSPS) is 32.8. The number of hydrogen-bond acceptors (Lipinski definition) is 9. The average Bonchev–Trinajstić information content (AvgIpc) is 2.48. The largest absolute Gasteiger partial charge is 0.733 e. The minimum atomic E-state index is -1.60. The van der Waals surface area contributed by atoms with Gasteiger partial charge in [-0.15, -0.1) is 0 Å². The minimum absolute atomic E-state index is 0.0978. The number of rotatable bonds is 4. The van der Waals surface area contributed by atoms with E-state index in [4.69, 9.17) is 19.8 Å². The molecule has 0 unspecified atom stereocenters. The van der Waals surface area contributed by atoms with E-state index >= 15 is 0 Å². The highest BCUT2D eigenvalue weighted by Gasteiger charge is 2.44. The fourth-order valence-corrected chi connectivity index (χ4v) is 2.00. The van der Waals surface area contributed by atoms with E-state index in [9.17, 15) is 20.5 Å². The van der Waals surface area contributed by atoms with Crippen LogP contribution in [0.15, 0.2) is 24.3 Å². The Morgan fingerprint density at radius 2 is 1.81 bits per heavy atom. The summed E-state index contributed by atoms with van der Waals surface area (Å²) in [5.41, 5.74) is -0.227. The van der Waals surface area contributed by atoms with Gasteiger partial charge in [0, 0.05) is 0 Å². The summed E-state index contributed by atoms with van der Waals surface area (Å²) in [5, 5.41) is 57.7. The van der Waals surface area contributed by atoms with E-state index in [-0.39, 0.29) is 11.4 Å². The molecular weight excluding hydrogens is 286 g/mol. The molecule has 118 valence electrons. The van der Waals surface area contributed by atoms with Gasteiger partial charge in [-0.3, -0.25) is 5.21 Å². The van der Waals surface area contributed by atoms with Crippen LogP contribution < -0.4 is 9.96 Å². The predicted molar refractivity (Wildman–Crippen MR) is 68.5 cm³/mol. The molecule has 2 rings (SSSR count). The third-order valence-corrected chi connectivity index (χ3v) is 3.16. The third kappa shape index (κ3) is 3.24. The van der Waals surface area contributed by atoms with Crippen LogP contribution in [0.25, 0.3) is 0 Å². The van der Waals surface area contributed by atoms with Crippen molar-refractivity contribution < 1.29 is 35.1 Å². The fraction of sp³-hybridized carbons (Fsp3) is 0.500. The van der Waals surface area contributed by atoms with Crippen LogP contribution in [0.2, 0.25) is 0 Å². The standard InChI is InChI=1S/C12H16NO8/c14-5-8-9(15)10(16)11(17)12(21-8)20-7-4-2-1-3-6(7)13(18)19/h1-4,8-12,14-18H,5H2/q-1/t8-,9-,10+,11+,12-/m0/s1. The van der Waals surface area contributed by atoms with Gasteiger partial charge in [0.15, 0.2) is 0 Å². The Morgan fingerprint density at radius 1 is 1.14 bits per heavy atom. The zero-order valence-corrected chi connectivity index (χ0v) is 10.8. The van der Waals surface area contributed by atoms with Crippen molar-refractivity contribution in [1.29, 1.82) is 0 Å². The minimum Gasteiger partial charge on any atom is -0.733 e. The van der Waals surface area contributed by atoms with Crippen LogP contribution in [0.1, 0.15) is 0 Å². The van der Waals surface area contributed by atoms with Crippen LogP contribution in [0.5, 0.6) is 5.75 Å². The Hall–Kier alpha value is -1.46. The highest BCUT2D eigenvalue weighted by atomic mass is 16.8. The summed E-state index contributed by atoms with van der Waals surface area (Å²) >= 11 is 0. The molecule has 21 heavy (non-hydrogen) atoms. The van der Waals surface area contributed by atoms with Gasteiger partial charge >= 0.3 is 0 Å². The van der Waals surface area contributed by atoms with E-state index in [1.54, 1.807) is 0 Å². The number of benzene rings is 1. The van der Waals surface area contributed by atoms with Crippen LogP contribution in [-0.4, -0.2) is 62.9 Å². The number of aliphatic hydroxyl groups excluding tert-OH is 4. The van der Waals surface area contributed by atoms with Crippen molar-refractivity contribution in [3.8, 4) is 5.75 Å². The van der Waals surface area contributed by atoms with Crippen molar-refractivity contribution in [3.05, 3.63) is 29.5 Å². The predicted octanol–water partition coefficient (Wildman–Crippen LogP) is -1.44. The van der Waals surface area contributed by atoms with Gasteiger partial charge in [0.2, 0.25) is 6.29 Å². The Balaban J connectivity index is 2.19. The number of anilines is 1. The quantitative estimate of drug-likeness (QED) is 0.422. The molecule has 9 heteroatoms. The van der Waals surface area contributed by atoms with Crippen molar-refractivity contribution in [2.75, 3.05) is 11.8 Å². The van der Waals surface area contributed by atoms with Crippen molar-refractivity contribution in [2.45, 2.75) is 30.7 Å². The fourth-order valence-electron chi connectivity index (χ4n) is 2.00. The summed E-state index contributed by atoms with van der Waals surface area (Å²) in [5.74, 6) is -0.0978. The average molecular weight is 302 g/mol. The van der Waals surface area contributed by atoms with Gasteiger partial charge in [0.05, 0.1) is 12.3 Å². The monoisotopic (exact) mass is 302 g/mol. The first-order valence-corrected chi connectivity index (χ1v) is 6.18. The maximum absolute atomic E-state index is 11.0. The molecule has 5 N–H and O–H groups in total. The van der Waals surface area contributed by atoms with Gasteiger partial charge in [-0.1, -0.05) is 12.1 Å². The molecule has 1 aromatic carbocycles. The topological polar surface area (TPSA) is 146 Å². The molecule has 1 aliphatic rings. The number of aliphatic hydroxyl groups is 4. The van der Waals surface area contributed by atoms with Crippen LogP contribution in [0.3, 0.4) is 0 Å². The first-order valence-electron chi connectivity index (χ1n) is 6.18. The second-order valence-electron chi connectivity index (χ2n) is 4.56. The van der Waals surface area contributed by atoms with Crippen LogP contribution in [0.4, 0.5) is 5.69 Å². The Kier molecular flexibility index (Phi) is 4.96. The van der Waals surface area contributed by atoms with Crippen molar-refractivity contribution in [3.63, 3.8) is 0 Å². The molecule has 1 fully saturated rings. The lowest BCUT2D eigenvalue weighted by atomic mass is 9.99. The summed E-state index contributed by atoms with van der Waals surface area (Å²) in [6.07, 6.45) is -7.26. The second-order valence-corrected chi connectivity index (χ2v) is 4.56. The second kappa shape index (κ2) is 6.54. The Bertz CT molecular complexity index is 468. The van der Waals surface area contributed by atoms with Crippen molar-refractivity contribution in [1.82, 2.24) is 0 Å². The highest BCUT2D eigenvalue weighted by molar-refractivity contribution is 5.56. The lowest BCUT2D eigenvalue weighted by Crippen LogP contribution is -2.60. The van der Waals surface area contributed by atoms with Gasteiger partial charge < -0.3 is 40.3 Å². The van der Waals surface area contributed by atoms with Crippen molar-refractivity contribution >= 4 is 5.69 Å². The van der Waals surface area contributed by atoms with E-state index in [2.05, 4.69) is 0 Å². The van der Waals surface area contributed by atoms with E-state index in [0.29, 0.717) is 0 Å². The highest BCUT2D eigenvalue weighted by Crippen LogP contribution is 2.30. The molecule has 0 radical (unpaired) electrons. The summed E-state index contributed by atoms with van der Waals surface area (Å²) in [6.45, 7) is -0.597. The summed E-state index contributed by atoms with van der Waals surface area (Å²) in [7, 11) is 0. The maximum Gasteiger partial charge on any atom is 0.229 e. The van der Waals surface area contributed by atoms with E-state index in [1.807, 2.05) is 0 Å².